The maximum absolute atomic E-state index is 12.5. The minimum atomic E-state index is -0.0141. The van der Waals surface area contributed by atoms with Crippen LogP contribution in [0.4, 0.5) is 11.5 Å². The van der Waals surface area contributed by atoms with Crippen LogP contribution in [0.1, 0.15) is 10.5 Å². The van der Waals surface area contributed by atoms with Gasteiger partial charge in [0, 0.05) is 45.5 Å². The molecule has 2 aromatic rings. The number of morpholine rings is 1. The lowest BCUT2D eigenvalue weighted by molar-refractivity contribution is 0.0299. The van der Waals surface area contributed by atoms with Crippen LogP contribution in [0.2, 0.25) is 0 Å². The third kappa shape index (κ3) is 3.62. The largest absolute Gasteiger partial charge is 0.378 e. The Morgan fingerprint density at radius 2 is 1.65 bits per heavy atom. The monoisotopic (exact) mass is 353 g/mol. The maximum Gasteiger partial charge on any atom is 0.272 e. The average Bonchev–Trinajstić information content (AvgIpc) is 2.75. The number of nitrogens with zero attached hydrogens (tertiary/aromatic N) is 5. The summed E-state index contributed by atoms with van der Waals surface area (Å²) in [6, 6.07) is 9.83. The molecule has 0 atom stereocenters. The highest BCUT2D eigenvalue weighted by Crippen LogP contribution is 2.19. The molecule has 0 radical (unpaired) electrons. The predicted octanol–water partition coefficient (Wildman–Crippen LogP) is 1.28. The van der Waals surface area contributed by atoms with Crippen molar-refractivity contribution in [3.8, 4) is 0 Å². The van der Waals surface area contributed by atoms with Gasteiger partial charge >= 0.3 is 0 Å². The fraction of sp³-hybridized carbons (Fsp3) is 0.421. The summed E-state index contributed by atoms with van der Waals surface area (Å²) in [6.45, 7) is 6.14. The number of piperazine rings is 1. The van der Waals surface area contributed by atoms with Gasteiger partial charge in [-0.25, -0.2) is 9.97 Å². The molecule has 7 nitrogen and oxygen atoms in total. The first-order valence-electron chi connectivity index (χ1n) is 9.05. The van der Waals surface area contributed by atoms with Gasteiger partial charge in [0.15, 0.2) is 0 Å². The summed E-state index contributed by atoms with van der Waals surface area (Å²) >= 11 is 0. The maximum atomic E-state index is 12.5. The van der Waals surface area contributed by atoms with Gasteiger partial charge in [0.05, 0.1) is 25.1 Å². The summed E-state index contributed by atoms with van der Waals surface area (Å²) in [7, 11) is 0. The van der Waals surface area contributed by atoms with Crippen LogP contribution < -0.4 is 9.80 Å². The van der Waals surface area contributed by atoms with Crippen molar-refractivity contribution in [2.24, 2.45) is 0 Å². The molecule has 0 spiro atoms. The molecule has 2 aliphatic heterocycles. The van der Waals surface area contributed by atoms with E-state index in [0.29, 0.717) is 32.0 Å². The predicted molar refractivity (Wildman–Crippen MR) is 99.6 cm³/mol. The average molecular weight is 353 g/mol. The quantitative estimate of drug-likeness (QED) is 0.828. The standard InChI is InChI=1S/C19H23N5O2/c25-19(24-11-13-26-14-12-24)17-5-4-16(15-21-17)22-7-9-23(10-8-22)18-3-1-2-6-20-18/h1-6,15H,7-14H2. The second kappa shape index (κ2) is 7.70. The number of pyridine rings is 2. The van der Waals surface area contributed by atoms with Crippen LogP contribution in [0.5, 0.6) is 0 Å². The number of carbonyl (C=O) groups is 1. The van der Waals surface area contributed by atoms with Gasteiger partial charge in [0.1, 0.15) is 11.5 Å². The van der Waals surface area contributed by atoms with Gasteiger partial charge in [-0.15, -0.1) is 0 Å². The van der Waals surface area contributed by atoms with Crippen molar-refractivity contribution >= 4 is 17.4 Å². The van der Waals surface area contributed by atoms with Crippen LogP contribution in [0.3, 0.4) is 0 Å². The van der Waals surface area contributed by atoms with Gasteiger partial charge in [-0.1, -0.05) is 6.07 Å². The number of carbonyl (C=O) groups excluding carboxylic acids is 1. The fourth-order valence-corrected chi connectivity index (χ4v) is 3.36. The number of anilines is 2. The lowest BCUT2D eigenvalue weighted by atomic mass is 10.2. The molecule has 0 bridgehead atoms. The molecule has 0 aliphatic carbocycles. The Hall–Kier alpha value is -2.67. The Balaban J connectivity index is 1.36. The molecular formula is C19H23N5O2. The first-order valence-corrected chi connectivity index (χ1v) is 9.05. The molecule has 0 saturated carbocycles. The number of hydrogen-bond donors (Lipinski definition) is 0. The molecule has 2 saturated heterocycles. The normalized spacial score (nSPS) is 18.1. The molecule has 4 heterocycles. The summed E-state index contributed by atoms with van der Waals surface area (Å²) in [5.74, 6) is 1.01. The first-order chi connectivity index (χ1) is 12.8. The van der Waals surface area contributed by atoms with E-state index >= 15 is 0 Å². The van der Waals surface area contributed by atoms with Crippen LogP contribution in [-0.4, -0.2) is 73.3 Å². The topological polar surface area (TPSA) is 61.8 Å². The van der Waals surface area contributed by atoms with Gasteiger partial charge in [0.25, 0.3) is 5.91 Å². The van der Waals surface area contributed by atoms with Crippen LogP contribution >= 0.6 is 0 Å². The molecule has 7 heteroatoms. The second-order valence-corrected chi connectivity index (χ2v) is 6.47. The molecule has 0 unspecified atom stereocenters. The van der Waals surface area contributed by atoms with Gasteiger partial charge < -0.3 is 19.4 Å². The minimum Gasteiger partial charge on any atom is -0.378 e. The summed E-state index contributed by atoms with van der Waals surface area (Å²) in [5, 5.41) is 0. The molecule has 2 aliphatic rings. The van der Waals surface area contributed by atoms with E-state index in [1.165, 1.54) is 0 Å². The van der Waals surface area contributed by atoms with Crippen molar-refractivity contribution in [1.82, 2.24) is 14.9 Å². The molecule has 2 aromatic heterocycles. The molecule has 2 fully saturated rings. The highest BCUT2D eigenvalue weighted by molar-refractivity contribution is 5.92. The van der Waals surface area contributed by atoms with E-state index in [1.54, 1.807) is 4.90 Å². The van der Waals surface area contributed by atoms with E-state index in [-0.39, 0.29) is 5.91 Å². The van der Waals surface area contributed by atoms with Crippen molar-refractivity contribution < 1.29 is 9.53 Å². The van der Waals surface area contributed by atoms with Crippen molar-refractivity contribution in [2.45, 2.75) is 0 Å². The zero-order valence-electron chi connectivity index (χ0n) is 14.8. The van der Waals surface area contributed by atoms with Crippen molar-refractivity contribution in [2.75, 3.05) is 62.3 Å². The van der Waals surface area contributed by atoms with E-state index in [4.69, 9.17) is 4.74 Å². The smallest absolute Gasteiger partial charge is 0.272 e. The number of amides is 1. The fourth-order valence-electron chi connectivity index (χ4n) is 3.36. The van der Waals surface area contributed by atoms with Crippen LogP contribution in [0.25, 0.3) is 0 Å². The van der Waals surface area contributed by atoms with E-state index in [2.05, 4.69) is 19.8 Å². The summed E-state index contributed by atoms with van der Waals surface area (Å²) in [4.78, 5) is 27.7. The second-order valence-electron chi connectivity index (χ2n) is 6.47. The van der Waals surface area contributed by atoms with E-state index in [0.717, 1.165) is 37.7 Å². The SMILES string of the molecule is O=C(c1ccc(N2CCN(c3ccccn3)CC2)cn1)N1CCOCC1. The van der Waals surface area contributed by atoms with Crippen LogP contribution in [-0.2, 0) is 4.74 Å². The Morgan fingerprint density at radius 1 is 0.885 bits per heavy atom. The number of hydrogen-bond acceptors (Lipinski definition) is 6. The highest BCUT2D eigenvalue weighted by atomic mass is 16.5. The Morgan fingerprint density at radius 3 is 2.31 bits per heavy atom. The summed E-state index contributed by atoms with van der Waals surface area (Å²) in [5.41, 5.74) is 1.56. The molecular weight excluding hydrogens is 330 g/mol. The van der Waals surface area contributed by atoms with E-state index < -0.39 is 0 Å². The van der Waals surface area contributed by atoms with Crippen LogP contribution in [0.15, 0.2) is 42.7 Å². The molecule has 1 amide bonds. The third-order valence-electron chi connectivity index (χ3n) is 4.88. The summed E-state index contributed by atoms with van der Waals surface area (Å²) < 4.78 is 5.30. The number of ether oxygens (including phenoxy) is 1. The van der Waals surface area contributed by atoms with Crippen molar-refractivity contribution in [1.29, 1.82) is 0 Å². The van der Waals surface area contributed by atoms with Gasteiger partial charge in [-0.3, -0.25) is 4.79 Å². The highest BCUT2D eigenvalue weighted by Gasteiger charge is 2.21. The lowest BCUT2D eigenvalue weighted by Crippen LogP contribution is -2.46. The summed E-state index contributed by atoms with van der Waals surface area (Å²) in [6.07, 6.45) is 3.64. The first kappa shape index (κ1) is 16.8. The molecule has 4 rings (SSSR count). The molecule has 0 N–H and O–H groups in total. The van der Waals surface area contributed by atoms with Crippen LogP contribution in [0, 0.1) is 0 Å². The van der Waals surface area contributed by atoms with E-state index in [9.17, 15) is 4.79 Å². The third-order valence-corrected chi connectivity index (χ3v) is 4.88. The zero-order valence-corrected chi connectivity index (χ0v) is 14.8. The Kier molecular flexibility index (Phi) is 4.97. The van der Waals surface area contributed by atoms with Gasteiger partial charge in [0.2, 0.25) is 0 Å². The molecule has 136 valence electrons. The number of rotatable bonds is 3. The van der Waals surface area contributed by atoms with E-state index in [1.807, 2.05) is 42.7 Å². The Bertz CT molecular complexity index is 723. The Labute approximate surface area is 153 Å². The number of aromatic nitrogens is 2. The van der Waals surface area contributed by atoms with Gasteiger partial charge in [-0.05, 0) is 24.3 Å². The lowest BCUT2D eigenvalue weighted by Gasteiger charge is -2.36. The van der Waals surface area contributed by atoms with Crippen molar-refractivity contribution in [3.05, 3.63) is 48.4 Å². The van der Waals surface area contributed by atoms with Crippen molar-refractivity contribution in [3.63, 3.8) is 0 Å². The van der Waals surface area contributed by atoms with Gasteiger partial charge in [-0.2, -0.15) is 0 Å². The minimum absolute atomic E-state index is 0.0141. The molecule has 0 aromatic carbocycles. The zero-order chi connectivity index (χ0) is 17.8. The molecule has 26 heavy (non-hydrogen) atoms.